The van der Waals surface area contributed by atoms with Crippen LogP contribution in [0.4, 0.5) is 13.2 Å². The molecule has 0 aliphatic rings. The monoisotopic (exact) mass is 213 g/mol. The van der Waals surface area contributed by atoms with Gasteiger partial charge in [0.25, 0.3) is 0 Å². The van der Waals surface area contributed by atoms with Gasteiger partial charge in [-0.3, -0.25) is 0 Å². The molecule has 1 atom stereocenters. The number of halogens is 3. The second-order valence-electron chi connectivity index (χ2n) is 3.12. The minimum Gasteiger partial charge on any atom is -0.369 e. The lowest BCUT2D eigenvalue weighted by molar-refractivity contribution is -0.214. The lowest BCUT2D eigenvalue weighted by Gasteiger charge is -2.16. The highest BCUT2D eigenvalue weighted by atomic mass is 19.4. The van der Waals surface area contributed by atoms with E-state index in [0.29, 0.717) is 6.42 Å². The molecular weight excluding hydrogens is 195 g/mol. The van der Waals surface area contributed by atoms with E-state index in [0.717, 1.165) is 26.4 Å². The average molecular weight is 213 g/mol. The summed E-state index contributed by atoms with van der Waals surface area (Å²) in [5.74, 6) is 0. The lowest BCUT2D eigenvalue weighted by Crippen LogP contribution is -2.29. The van der Waals surface area contributed by atoms with E-state index in [9.17, 15) is 13.2 Å². The first-order chi connectivity index (χ1) is 6.48. The number of hydrogen-bond donors (Lipinski definition) is 1. The van der Waals surface area contributed by atoms with Crippen LogP contribution in [-0.4, -0.2) is 32.0 Å². The van der Waals surface area contributed by atoms with E-state index in [4.69, 9.17) is 0 Å². The Labute approximate surface area is 82.8 Å². The first-order valence-corrected chi connectivity index (χ1v) is 4.87. The van der Waals surface area contributed by atoms with E-state index in [1.54, 1.807) is 0 Å². The van der Waals surface area contributed by atoms with Gasteiger partial charge in [0.05, 0.1) is 0 Å². The fraction of sp³-hybridized carbons (Fsp3) is 1.00. The summed E-state index contributed by atoms with van der Waals surface area (Å²) in [6.45, 7) is 4.92. The molecule has 1 N–H and O–H groups in total. The van der Waals surface area contributed by atoms with Gasteiger partial charge in [0.2, 0.25) is 0 Å². The predicted molar refractivity (Wildman–Crippen MR) is 49.2 cm³/mol. The van der Waals surface area contributed by atoms with Crippen molar-refractivity contribution in [3.8, 4) is 0 Å². The van der Waals surface area contributed by atoms with Crippen LogP contribution < -0.4 is 5.32 Å². The highest BCUT2D eigenvalue weighted by Gasteiger charge is 2.36. The van der Waals surface area contributed by atoms with Gasteiger partial charge in [0.15, 0.2) is 6.10 Å². The fourth-order valence-electron chi connectivity index (χ4n) is 0.883. The summed E-state index contributed by atoms with van der Waals surface area (Å²) in [5.41, 5.74) is 0. The molecule has 0 saturated carbocycles. The number of alkyl halides is 3. The van der Waals surface area contributed by atoms with E-state index in [2.05, 4.69) is 10.1 Å². The average Bonchev–Trinajstić information content (AvgIpc) is 2.09. The molecule has 1 unspecified atom stereocenters. The first-order valence-electron chi connectivity index (χ1n) is 4.87. The molecule has 0 aromatic carbocycles. The van der Waals surface area contributed by atoms with Crippen LogP contribution in [0.3, 0.4) is 0 Å². The number of nitrogens with one attached hydrogen (secondary N) is 1. The minimum absolute atomic E-state index is 0.173. The number of rotatable bonds is 7. The van der Waals surface area contributed by atoms with Gasteiger partial charge in [0.1, 0.15) is 0 Å². The summed E-state index contributed by atoms with van der Waals surface area (Å²) in [5, 5.41) is 3.09. The van der Waals surface area contributed by atoms with Crippen molar-refractivity contribution in [2.24, 2.45) is 0 Å². The van der Waals surface area contributed by atoms with Crippen molar-refractivity contribution in [1.29, 1.82) is 0 Å². The molecule has 0 amide bonds. The summed E-state index contributed by atoms with van der Waals surface area (Å²) >= 11 is 0. The smallest absolute Gasteiger partial charge is 0.369 e. The van der Waals surface area contributed by atoms with Gasteiger partial charge < -0.3 is 10.1 Å². The maximum absolute atomic E-state index is 11.9. The molecule has 0 radical (unpaired) electrons. The Morgan fingerprint density at radius 1 is 1.29 bits per heavy atom. The molecule has 5 heteroatoms. The molecule has 0 heterocycles. The molecule has 2 nitrogen and oxygen atoms in total. The standard InChI is InChI=1S/C9H18F3NO/c1-3-13-6-4-5-7-14-8(2)9(10,11)12/h8,13H,3-7H2,1-2H3. The summed E-state index contributed by atoms with van der Waals surface area (Å²) in [6, 6.07) is 0. The van der Waals surface area contributed by atoms with Crippen LogP contribution in [0.2, 0.25) is 0 Å². The van der Waals surface area contributed by atoms with E-state index < -0.39 is 12.3 Å². The molecule has 0 aliphatic heterocycles. The molecule has 0 spiro atoms. The normalized spacial score (nSPS) is 14.4. The molecule has 0 rings (SSSR count). The van der Waals surface area contributed by atoms with Crippen LogP contribution in [0.5, 0.6) is 0 Å². The quantitative estimate of drug-likeness (QED) is 0.655. The van der Waals surface area contributed by atoms with Gasteiger partial charge in [-0.15, -0.1) is 0 Å². The highest BCUT2D eigenvalue weighted by Crippen LogP contribution is 2.22. The third kappa shape index (κ3) is 7.15. The van der Waals surface area contributed by atoms with Crippen molar-refractivity contribution in [1.82, 2.24) is 5.32 Å². The van der Waals surface area contributed by atoms with Gasteiger partial charge >= 0.3 is 6.18 Å². The Morgan fingerprint density at radius 2 is 1.93 bits per heavy atom. The molecule has 0 saturated heterocycles. The molecule has 0 aromatic rings. The van der Waals surface area contributed by atoms with E-state index in [-0.39, 0.29) is 6.61 Å². The predicted octanol–water partition coefficient (Wildman–Crippen LogP) is 2.34. The Hall–Kier alpha value is -0.290. The van der Waals surface area contributed by atoms with Crippen LogP contribution in [0, 0.1) is 0 Å². The fourth-order valence-corrected chi connectivity index (χ4v) is 0.883. The molecule has 0 aromatic heterocycles. The highest BCUT2D eigenvalue weighted by molar-refractivity contribution is 4.60. The molecule has 14 heavy (non-hydrogen) atoms. The number of unbranched alkanes of at least 4 members (excludes halogenated alkanes) is 1. The SMILES string of the molecule is CCNCCCCOC(C)C(F)(F)F. The van der Waals surface area contributed by atoms with Gasteiger partial charge in [-0.1, -0.05) is 6.92 Å². The summed E-state index contributed by atoms with van der Waals surface area (Å²) in [7, 11) is 0. The van der Waals surface area contributed by atoms with Crippen molar-refractivity contribution in [2.45, 2.75) is 39.0 Å². The third-order valence-corrected chi connectivity index (χ3v) is 1.83. The topological polar surface area (TPSA) is 21.3 Å². The first kappa shape index (κ1) is 13.7. The maximum atomic E-state index is 11.9. The summed E-state index contributed by atoms with van der Waals surface area (Å²) < 4.78 is 40.5. The Kier molecular flexibility index (Phi) is 6.92. The van der Waals surface area contributed by atoms with Crippen LogP contribution in [0.25, 0.3) is 0 Å². The van der Waals surface area contributed by atoms with Gasteiger partial charge in [0, 0.05) is 6.61 Å². The number of hydrogen-bond acceptors (Lipinski definition) is 2. The Bertz CT molecular complexity index is 139. The van der Waals surface area contributed by atoms with Crippen molar-refractivity contribution in [2.75, 3.05) is 19.7 Å². The van der Waals surface area contributed by atoms with E-state index >= 15 is 0 Å². The molecular formula is C9H18F3NO. The van der Waals surface area contributed by atoms with Crippen molar-refractivity contribution < 1.29 is 17.9 Å². The van der Waals surface area contributed by atoms with Crippen molar-refractivity contribution >= 4 is 0 Å². The Balaban J connectivity index is 3.28. The van der Waals surface area contributed by atoms with Crippen LogP contribution in [0.15, 0.2) is 0 Å². The summed E-state index contributed by atoms with van der Waals surface area (Å²) in [6.07, 6.45) is -4.38. The van der Waals surface area contributed by atoms with Gasteiger partial charge in [-0.2, -0.15) is 13.2 Å². The second-order valence-corrected chi connectivity index (χ2v) is 3.12. The second kappa shape index (κ2) is 7.06. The van der Waals surface area contributed by atoms with Gasteiger partial charge in [-0.25, -0.2) is 0 Å². The minimum atomic E-state index is -4.23. The van der Waals surface area contributed by atoms with Crippen LogP contribution >= 0.6 is 0 Å². The Morgan fingerprint density at radius 3 is 2.43 bits per heavy atom. The molecule has 86 valence electrons. The number of ether oxygens (including phenoxy) is 1. The van der Waals surface area contributed by atoms with Gasteiger partial charge in [-0.05, 0) is 32.9 Å². The van der Waals surface area contributed by atoms with Crippen molar-refractivity contribution in [3.05, 3.63) is 0 Å². The molecule has 0 fully saturated rings. The third-order valence-electron chi connectivity index (χ3n) is 1.83. The van der Waals surface area contributed by atoms with Crippen molar-refractivity contribution in [3.63, 3.8) is 0 Å². The molecule has 0 bridgehead atoms. The largest absolute Gasteiger partial charge is 0.414 e. The summed E-state index contributed by atoms with van der Waals surface area (Å²) in [4.78, 5) is 0. The molecule has 0 aliphatic carbocycles. The van der Waals surface area contributed by atoms with E-state index in [1.165, 1.54) is 0 Å². The van der Waals surface area contributed by atoms with E-state index in [1.807, 2.05) is 6.92 Å². The zero-order valence-corrected chi connectivity index (χ0v) is 8.66. The maximum Gasteiger partial charge on any atom is 0.414 e. The zero-order chi connectivity index (χ0) is 11.0. The zero-order valence-electron chi connectivity index (χ0n) is 8.66. The van der Waals surface area contributed by atoms with Crippen LogP contribution in [0.1, 0.15) is 26.7 Å². The van der Waals surface area contributed by atoms with Crippen LogP contribution in [-0.2, 0) is 4.74 Å². The lowest BCUT2D eigenvalue weighted by atomic mass is 10.3.